The lowest BCUT2D eigenvalue weighted by molar-refractivity contribution is 0.115. The normalized spacial score (nSPS) is 26.4. The van der Waals surface area contributed by atoms with E-state index < -0.39 is 0 Å². The van der Waals surface area contributed by atoms with Crippen LogP contribution in [0.3, 0.4) is 0 Å². The Bertz CT molecular complexity index is 214. The Hall–Kier alpha value is -0.500. The topological polar surface area (TPSA) is 6.48 Å². The first-order valence-corrected chi connectivity index (χ1v) is 5.92. The average molecular weight is 194 g/mol. The van der Waals surface area contributed by atoms with E-state index in [0.29, 0.717) is 0 Å². The van der Waals surface area contributed by atoms with Crippen molar-refractivity contribution in [2.75, 3.05) is 20.6 Å². The highest BCUT2D eigenvalue weighted by Crippen LogP contribution is 2.31. The van der Waals surface area contributed by atoms with E-state index in [0.717, 1.165) is 12.5 Å². The number of rotatable bonds is 1. The van der Waals surface area contributed by atoms with E-state index in [9.17, 15) is 0 Å². The fraction of sp³-hybridized carbons (Fsp3) is 0.833. The van der Waals surface area contributed by atoms with Gasteiger partial charge in [0.05, 0.1) is 0 Å². The summed E-state index contributed by atoms with van der Waals surface area (Å²) in [4.78, 5) is 0. The molecule has 0 amide bonds. The fourth-order valence-electron chi connectivity index (χ4n) is 2.64. The Morgan fingerprint density at radius 2 is 1.71 bits per heavy atom. The lowest BCUT2D eigenvalue weighted by Crippen LogP contribution is -2.27. The summed E-state index contributed by atoms with van der Waals surface area (Å²) in [6.45, 7) is 1.15. The van der Waals surface area contributed by atoms with E-state index >= 15 is 0 Å². The molecule has 0 N–H and O–H groups in total. The molecule has 0 bridgehead atoms. The molecule has 0 aromatic heterocycles. The molecule has 1 aliphatic carbocycles. The number of hydrogen-bond acceptors (Lipinski definition) is 2. The zero-order valence-corrected chi connectivity index (χ0v) is 9.50. The van der Waals surface area contributed by atoms with Gasteiger partial charge in [-0.15, -0.1) is 0 Å². The maximum Gasteiger partial charge on any atom is 0.0408 e. The standard InChI is InChI=1S/C12H22N2/c1-13-9-12(10-14(13)2)11-7-5-3-4-6-8-11/h9,11H,3-8,10H2,1-2H3. The summed E-state index contributed by atoms with van der Waals surface area (Å²) in [5.41, 5.74) is 1.66. The molecule has 1 fully saturated rings. The lowest BCUT2D eigenvalue weighted by Gasteiger charge is -2.19. The van der Waals surface area contributed by atoms with Gasteiger partial charge in [-0.25, -0.2) is 5.01 Å². The van der Waals surface area contributed by atoms with Crippen molar-refractivity contribution in [1.29, 1.82) is 0 Å². The molecule has 2 rings (SSSR count). The van der Waals surface area contributed by atoms with E-state index in [1.165, 1.54) is 38.5 Å². The molecule has 0 saturated heterocycles. The molecule has 2 nitrogen and oxygen atoms in total. The molecule has 0 spiro atoms. The monoisotopic (exact) mass is 194 g/mol. The lowest BCUT2D eigenvalue weighted by atomic mass is 9.92. The van der Waals surface area contributed by atoms with Gasteiger partial charge in [-0.1, -0.05) is 25.7 Å². The van der Waals surface area contributed by atoms with Gasteiger partial charge >= 0.3 is 0 Å². The Morgan fingerprint density at radius 3 is 2.21 bits per heavy atom. The molecule has 0 aromatic carbocycles. The summed E-state index contributed by atoms with van der Waals surface area (Å²) in [5.74, 6) is 0.880. The number of hydrazine groups is 1. The fourth-order valence-corrected chi connectivity index (χ4v) is 2.64. The Morgan fingerprint density at radius 1 is 1.07 bits per heavy atom. The van der Waals surface area contributed by atoms with Crippen molar-refractivity contribution in [3.05, 3.63) is 11.8 Å². The minimum Gasteiger partial charge on any atom is -0.316 e. The van der Waals surface area contributed by atoms with E-state index in [1.807, 2.05) is 0 Å². The third kappa shape index (κ3) is 2.11. The maximum absolute atomic E-state index is 2.34. The average Bonchev–Trinajstić information content (AvgIpc) is 2.46. The number of nitrogens with zero attached hydrogens (tertiary/aromatic N) is 2. The Kier molecular flexibility index (Phi) is 3.12. The predicted octanol–water partition coefficient (Wildman–Crippen LogP) is 2.63. The van der Waals surface area contributed by atoms with Crippen LogP contribution in [0.5, 0.6) is 0 Å². The van der Waals surface area contributed by atoms with E-state index in [-0.39, 0.29) is 0 Å². The van der Waals surface area contributed by atoms with Gasteiger partial charge in [0.1, 0.15) is 0 Å². The van der Waals surface area contributed by atoms with Crippen LogP contribution >= 0.6 is 0 Å². The number of likely N-dealkylation sites (N-methyl/N-ethyl adjacent to an activating group) is 1. The molecule has 0 aromatic rings. The quantitative estimate of drug-likeness (QED) is 0.592. The molecular formula is C12H22N2. The number of hydrogen-bond donors (Lipinski definition) is 0. The summed E-state index contributed by atoms with van der Waals surface area (Å²) in [6, 6.07) is 0. The SMILES string of the molecule is CN1C=C(C2CCCCCC2)CN1C. The van der Waals surface area contributed by atoms with Crippen LogP contribution in [0.15, 0.2) is 11.8 Å². The van der Waals surface area contributed by atoms with Crippen molar-refractivity contribution in [2.24, 2.45) is 5.92 Å². The van der Waals surface area contributed by atoms with Crippen LogP contribution in [-0.2, 0) is 0 Å². The van der Waals surface area contributed by atoms with Gasteiger partial charge in [-0.2, -0.15) is 0 Å². The second kappa shape index (κ2) is 4.35. The minimum atomic E-state index is 0.880. The summed E-state index contributed by atoms with van der Waals surface area (Å²) in [5, 5.41) is 4.51. The van der Waals surface area contributed by atoms with E-state index in [1.54, 1.807) is 5.57 Å². The van der Waals surface area contributed by atoms with Crippen LogP contribution in [0.1, 0.15) is 38.5 Å². The first-order chi connectivity index (χ1) is 6.77. The van der Waals surface area contributed by atoms with Crippen LogP contribution in [0.2, 0.25) is 0 Å². The zero-order chi connectivity index (χ0) is 9.97. The first-order valence-electron chi connectivity index (χ1n) is 5.92. The maximum atomic E-state index is 2.34. The molecular weight excluding hydrogens is 172 g/mol. The van der Waals surface area contributed by atoms with Gasteiger partial charge in [0.15, 0.2) is 0 Å². The first kappa shape index (κ1) is 10.0. The van der Waals surface area contributed by atoms with Crippen molar-refractivity contribution >= 4 is 0 Å². The molecule has 0 unspecified atom stereocenters. The highest BCUT2D eigenvalue weighted by molar-refractivity contribution is 5.12. The van der Waals surface area contributed by atoms with Gasteiger partial charge in [0, 0.05) is 26.8 Å². The van der Waals surface area contributed by atoms with Gasteiger partial charge in [-0.3, -0.25) is 0 Å². The molecule has 2 heteroatoms. The molecule has 2 aliphatic rings. The second-order valence-corrected chi connectivity index (χ2v) is 4.78. The van der Waals surface area contributed by atoms with Gasteiger partial charge in [0.25, 0.3) is 0 Å². The summed E-state index contributed by atoms with van der Waals surface area (Å²) < 4.78 is 0. The van der Waals surface area contributed by atoms with Crippen molar-refractivity contribution in [3.63, 3.8) is 0 Å². The van der Waals surface area contributed by atoms with Crippen molar-refractivity contribution in [3.8, 4) is 0 Å². The molecule has 0 radical (unpaired) electrons. The molecule has 1 saturated carbocycles. The van der Waals surface area contributed by atoms with Gasteiger partial charge < -0.3 is 5.01 Å². The largest absolute Gasteiger partial charge is 0.316 e. The Balaban J connectivity index is 1.97. The van der Waals surface area contributed by atoms with Crippen LogP contribution in [0, 0.1) is 5.92 Å². The van der Waals surface area contributed by atoms with Crippen LogP contribution < -0.4 is 0 Å². The third-order valence-corrected chi connectivity index (χ3v) is 3.68. The molecule has 0 atom stereocenters. The van der Waals surface area contributed by atoms with Crippen molar-refractivity contribution in [2.45, 2.75) is 38.5 Å². The summed E-state index contributed by atoms with van der Waals surface area (Å²) in [7, 11) is 4.31. The molecule has 1 aliphatic heterocycles. The highest BCUT2D eigenvalue weighted by Gasteiger charge is 2.23. The van der Waals surface area contributed by atoms with E-state index in [4.69, 9.17) is 0 Å². The van der Waals surface area contributed by atoms with Crippen LogP contribution in [0.4, 0.5) is 0 Å². The molecule has 14 heavy (non-hydrogen) atoms. The predicted molar refractivity (Wildman–Crippen MR) is 59.7 cm³/mol. The molecule has 80 valence electrons. The van der Waals surface area contributed by atoms with Gasteiger partial charge in [0.2, 0.25) is 0 Å². The third-order valence-electron chi connectivity index (χ3n) is 3.68. The second-order valence-electron chi connectivity index (χ2n) is 4.78. The van der Waals surface area contributed by atoms with E-state index in [2.05, 4.69) is 30.3 Å². The smallest absolute Gasteiger partial charge is 0.0408 e. The van der Waals surface area contributed by atoms with Crippen LogP contribution in [-0.4, -0.2) is 30.7 Å². The minimum absolute atomic E-state index is 0.880. The molecule has 1 heterocycles. The summed E-state index contributed by atoms with van der Waals surface area (Å²) in [6.07, 6.45) is 11.0. The Labute approximate surface area is 87.5 Å². The highest BCUT2D eigenvalue weighted by atomic mass is 15.6. The van der Waals surface area contributed by atoms with Crippen LogP contribution in [0.25, 0.3) is 0 Å². The van der Waals surface area contributed by atoms with Crippen molar-refractivity contribution in [1.82, 2.24) is 10.0 Å². The van der Waals surface area contributed by atoms with Crippen molar-refractivity contribution < 1.29 is 0 Å². The zero-order valence-electron chi connectivity index (χ0n) is 9.50. The summed E-state index contributed by atoms with van der Waals surface area (Å²) >= 11 is 0. The van der Waals surface area contributed by atoms with Gasteiger partial charge in [-0.05, 0) is 24.3 Å².